The van der Waals surface area contributed by atoms with Crippen LogP contribution in [-0.2, 0) is 22.9 Å². The number of sulfonamides is 1. The zero-order valence-corrected chi connectivity index (χ0v) is 20.2. The number of benzene rings is 1. The van der Waals surface area contributed by atoms with Crippen LogP contribution in [0.1, 0.15) is 65.9 Å². The number of thiophene rings is 1. The van der Waals surface area contributed by atoms with Crippen LogP contribution in [0.3, 0.4) is 0 Å². The van der Waals surface area contributed by atoms with Gasteiger partial charge >= 0.3 is 0 Å². The van der Waals surface area contributed by atoms with E-state index in [1.54, 1.807) is 16.4 Å². The summed E-state index contributed by atoms with van der Waals surface area (Å²) in [5.74, 6) is 0.324. The highest BCUT2D eigenvalue weighted by molar-refractivity contribution is 7.89. The number of fused-ring (bicyclic) bond motifs is 1. The third kappa shape index (κ3) is 4.61. The molecule has 2 aliphatic rings. The summed E-state index contributed by atoms with van der Waals surface area (Å²) in [6.07, 6.45) is 6.20. The molecule has 0 bridgehead atoms. The number of nitriles is 1. The Morgan fingerprint density at radius 2 is 1.75 bits per heavy atom. The van der Waals surface area contributed by atoms with Crippen molar-refractivity contribution in [1.82, 2.24) is 4.31 Å². The second kappa shape index (κ2) is 9.34. The lowest BCUT2D eigenvalue weighted by Gasteiger charge is -2.34. The maximum absolute atomic E-state index is 13.1. The van der Waals surface area contributed by atoms with Crippen LogP contribution in [0.2, 0.25) is 0 Å². The van der Waals surface area contributed by atoms with Gasteiger partial charge in [-0.15, -0.1) is 11.3 Å². The molecule has 8 heteroatoms. The van der Waals surface area contributed by atoms with E-state index in [2.05, 4.69) is 25.2 Å². The van der Waals surface area contributed by atoms with Crippen molar-refractivity contribution in [2.75, 3.05) is 18.4 Å². The first-order valence-electron chi connectivity index (χ1n) is 11.3. The molecule has 0 radical (unpaired) electrons. The van der Waals surface area contributed by atoms with Gasteiger partial charge in [0.1, 0.15) is 11.1 Å². The summed E-state index contributed by atoms with van der Waals surface area (Å²) in [5, 5.41) is 13.1. The quantitative estimate of drug-likeness (QED) is 0.648. The molecule has 1 aromatic carbocycles. The third-order valence-corrected chi connectivity index (χ3v) is 9.40. The molecule has 0 saturated carbocycles. The van der Waals surface area contributed by atoms with Gasteiger partial charge < -0.3 is 5.32 Å². The van der Waals surface area contributed by atoms with E-state index in [-0.39, 0.29) is 10.8 Å². The van der Waals surface area contributed by atoms with E-state index < -0.39 is 10.0 Å². The Morgan fingerprint density at radius 3 is 2.41 bits per heavy atom. The molecular weight excluding hydrogens is 442 g/mol. The van der Waals surface area contributed by atoms with E-state index in [0.717, 1.165) is 37.7 Å². The van der Waals surface area contributed by atoms with Crippen LogP contribution >= 0.6 is 11.3 Å². The van der Waals surface area contributed by atoms with Gasteiger partial charge in [0, 0.05) is 23.5 Å². The van der Waals surface area contributed by atoms with Gasteiger partial charge in [0.25, 0.3) is 5.91 Å². The van der Waals surface area contributed by atoms with E-state index >= 15 is 0 Å². The fourth-order valence-corrected chi connectivity index (χ4v) is 7.77. The van der Waals surface area contributed by atoms with Crippen LogP contribution in [0.15, 0.2) is 29.2 Å². The van der Waals surface area contributed by atoms with Gasteiger partial charge in [-0.05, 0) is 73.8 Å². The van der Waals surface area contributed by atoms with Crippen LogP contribution in [0.5, 0.6) is 0 Å². The van der Waals surface area contributed by atoms with Crippen LogP contribution < -0.4 is 5.32 Å². The summed E-state index contributed by atoms with van der Waals surface area (Å²) < 4.78 is 27.7. The molecule has 1 N–H and O–H groups in total. The van der Waals surface area contributed by atoms with Gasteiger partial charge in [-0.25, -0.2) is 8.42 Å². The fourth-order valence-electron chi connectivity index (χ4n) is 4.85. The van der Waals surface area contributed by atoms with Gasteiger partial charge in [0.15, 0.2) is 0 Å². The molecule has 170 valence electrons. The van der Waals surface area contributed by atoms with Crippen LogP contribution in [0.25, 0.3) is 0 Å². The minimum atomic E-state index is -3.58. The molecule has 1 aromatic heterocycles. The predicted octanol–water partition coefficient (Wildman–Crippen LogP) is 4.81. The second-order valence-corrected chi connectivity index (χ2v) is 12.2. The monoisotopic (exact) mass is 471 g/mol. The van der Waals surface area contributed by atoms with Crippen LogP contribution in [0.4, 0.5) is 5.00 Å². The normalized spacial score (nSPS) is 21.9. The summed E-state index contributed by atoms with van der Waals surface area (Å²) in [4.78, 5) is 14.2. The van der Waals surface area contributed by atoms with Gasteiger partial charge in [-0.2, -0.15) is 9.57 Å². The molecule has 1 amide bonds. The minimum Gasteiger partial charge on any atom is -0.312 e. The van der Waals surface area contributed by atoms with E-state index in [1.165, 1.54) is 34.8 Å². The Bertz CT molecular complexity index is 1140. The molecule has 2 unspecified atom stereocenters. The Morgan fingerprint density at radius 1 is 1.09 bits per heavy atom. The summed E-state index contributed by atoms with van der Waals surface area (Å²) in [6.45, 7) is 5.19. The molecular formula is C24H29N3O3S2. The molecule has 2 heterocycles. The first-order valence-corrected chi connectivity index (χ1v) is 13.5. The zero-order valence-electron chi connectivity index (χ0n) is 18.6. The lowest BCUT2D eigenvalue weighted by atomic mass is 9.94. The third-order valence-electron chi connectivity index (χ3n) is 6.35. The molecule has 1 saturated heterocycles. The van der Waals surface area contributed by atoms with Gasteiger partial charge in [0.05, 0.1) is 10.5 Å². The molecule has 32 heavy (non-hydrogen) atoms. The van der Waals surface area contributed by atoms with E-state index in [1.807, 2.05) is 0 Å². The number of nitrogens with one attached hydrogen (secondary N) is 1. The van der Waals surface area contributed by atoms with Crippen molar-refractivity contribution in [2.24, 2.45) is 11.8 Å². The largest absolute Gasteiger partial charge is 0.312 e. The maximum Gasteiger partial charge on any atom is 0.256 e. The minimum absolute atomic E-state index is 0.205. The van der Waals surface area contributed by atoms with Gasteiger partial charge in [-0.3, -0.25) is 4.79 Å². The molecule has 1 fully saturated rings. The number of hydrogen-bond donors (Lipinski definition) is 1. The number of anilines is 1. The molecule has 2 aromatic rings. The highest BCUT2D eigenvalue weighted by atomic mass is 32.2. The SMILES string of the molecule is CC1CC(C)CN(S(=O)(=O)c2ccc(C(=O)Nc3sc4c(c3C#N)CCCCC4)cc2)C1. The number of carbonyl (C=O) groups excluding carboxylic acids is 1. The number of piperidine rings is 1. The maximum atomic E-state index is 13.1. The lowest BCUT2D eigenvalue weighted by Crippen LogP contribution is -2.42. The van der Waals surface area contributed by atoms with Crippen molar-refractivity contribution in [2.45, 2.75) is 57.3 Å². The average Bonchev–Trinajstić information content (AvgIpc) is 2.91. The highest BCUT2D eigenvalue weighted by Crippen LogP contribution is 2.37. The zero-order chi connectivity index (χ0) is 22.9. The lowest BCUT2D eigenvalue weighted by molar-refractivity contribution is 0.102. The Labute approximate surface area is 194 Å². The first kappa shape index (κ1) is 23.0. The summed E-state index contributed by atoms with van der Waals surface area (Å²) in [5.41, 5.74) is 2.03. The highest BCUT2D eigenvalue weighted by Gasteiger charge is 2.31. The van der Waals surface area contributed by atoms with Gasteiger partial charge in [-0.1, -0.05) is 20.3 Å². The number of rotatable bonds is 4. The first-order chi connectivity index (χ1) is 15.3. The van der Waals surface area contributed by atoms with E-state index in [4.69, 9.17) is 0 Å². The van der Waals surface area contributed by atoms with E-state index in [0.29, 0.717) is 41.1 Å². The van der Waals surface area contributed by atoms with Crippen molar-refractivity contribution in [3.63, 3.8) is 0 Å². The van der Waals surface area contributed by atoms with Crippen LogP contribution in [0, 0.1) is 23.2 Å². The van der Waals surface area contributed by atoms with Gasteiger partial charge in [0.2, 0.25) is 10.0 Å². The molecule has 6 nitrogen and oxygen atoms in total. The Kier molecular flexibility index (Phi) is 6.70. The van der Waals surface area contributed by atoms with E-state index in [9.17, 15) is 18.5 Å². The van der Waals surface area contributed by atoms with Crippen molar-refractivity contribution in [3.8, 4) is 6.07 Å². The van der Waals surface area contributed by atoms with Crippen molar-refractivity contribution < 1.29 is 13.2 Å². The number of aryl methyl sites for hydroxylation is 1. The average molecular weight is 472 g/mol. The smallest absolute Gasteiger partial charge is 0.256 e. The number of amides is 1. The topological polar surface area (TPSA) is 90.3 Å². The summed E-state index contributed by atoms with van der Waals surface area (Å²) in [6, 6.07) is 8.37. The fraction of sp³-hybridized carbons (Fsp3) is 0.500. The number of nitrogens with zero attached hydrogens (tertiary/aromatic N) is 2. The molecule has 2 atom stereocenters. The molecule has 4 rings (SSSR count). The molecule has 0 spiro atoms. The van der Waals surface area contributed by atoms with Crippen LogP contribution in [-0.4, -0.2) is 31.7 Å². The van der Waals surface area contributed by atoms with Crippen molar-refractivity contribution in [3.05, 3.63) is 45.8 Å². The number of carbonyl (C=O) groups is 1. The predicted molar refractivity (Wildman–Crippen MR) is 126 cm³/mol. The standard InChI is InChI=1S/C24H29N3O3S2/c1-16-12-17(2)15-27(14-16)32(29,30)19-10-8-18(9-11-19)23(28)26-24-21(13-25)20-6-4-3-5-7-22(20)31-24/h8-11,16-17H,3-7,12,14-15H2,1-2H3,(H,26,28). The summed E-state index contributed by atoms with van der Waals surface area (Å²) in [7, 11) is -3.58. The Hall–Kier alpha value is -2.21. The Balaban J connectivity index is 1.51. The summed E-state index contributed by atoms with van der Waals surface area (Å²) >= 11 is 1.49. The molecule has 1 aliphatic carbocycles. The number of hydrogen-bond acceptors (Lipinski definition) is 5. The van der Waals surface area contributed by atoms with Crippen molar-refractivity contribution >= 4 is 32.3 Å². The molecule has 1 aliphatic heterocycles. The second-order valence-electron chi connectivity index (χ2n) is 9.13. The van der Waals surface area contributed by atoms with Crippen molar-refractivity contribution in [1.29, 1.82) is 5.26 Å².